The van der Waals surface area contributed by atoms with Crippen LogP contribution in [0.15, 0.2) is 48.0 Å². The number of Topliss-reactive ketones (excluding diaryl/α,β-unsaturated/α-hetero) is 1. The molecule has 1 amide bonds. The smallest absolute Gasteiger partial charge is 0.295 e. The Morgan fingerprint density at radius 1 is 0.944 bits per heavy atom. The lowest BCUT2D eigenvalue weighted by Crippen LogP contribution is -2.35. The van der Waals surface area contributed by atoms with Crippen LogP contribution in [0.3, 0.4) is 0 Å². The van der Waals surface area contributed by atoms with Crippen LogP contribution in [0, 0.1) is 0 Å². The molecule has 2 aromatic rings. The Labute approximate surface area is 213 Å². The van der Waals surface area contributed by atoms with E-state index in [0.29, 0.717) is 61.3 Å². The van der Waals surface area contributed by atoms with E-state index < -0.39 is 17.7 Å². The fourth-order valence-electron chi connectivity index (χ4n) is 4.11. The average Bonchev–Trinajstić information content (AvgIpc) is 3.11. The van der Waals surface area contributed by atoms with Gasteiger partial charge < -0.3 is 29.1 Å². The van der Waals surface area contributed by atoms with Crippen LogP contribution in [0.1, 0.15) is 44.4 Å². The average molecular weight is 497 g/mol. The van der Waals surface area contributed by atoms with Crippen LogP contribution in [0.2, 0.25) is 0 Å². The Morgan fingerprint density at radius 2 is 1.61 bits per heavy atom. The summed E-state index contributed by atoms with van der Waals surface area (Å²) in [6, 6.07) is 11.6. The van der Waals surface area contributed by atoms with Crippen LogP contribution < -0.4 is 14.2 Å². The minimum atomic E-state index is -0.744. The molecule has 1 fully saturated rings. The summed E-state index contributed by atoms with van der Waals surface area (Å²) in [5.41, 5.74) is 1.08. The summed E-state index contributed by atoms with van der Waals surface area (Å²) < 4.78 is 17.0. The molecule has 0 bridgehead atoms. The van der Waals surface area contributed by atoms with Crippen LogP contribution >= 0.6 is 0 Å². The Balaban J connectivity index is 2.13. The van der Waals surface area contributed by atoms with E-state index in [1.165, 1.54) is 4.90 Å². The number of carbonyl (C=O) groups excluding carboxylic acids is 2. The summed E-state index contributed by atoms with van der Waals surface area (Å²) in [4.78, 5) is 29.9. The van der Waals surface area contributed by atoms with Crippen molar-refractivity contribution in [2.75, 3.05) is 47.0 Å². The Bertz CT molecular complexity index is 1090. The Kier molecular flexibility index (Phi) is 9.36. The molecule has 1 aliphatic rings. The standard InChI is InChI=1S/C28H36N2O6/c1-6-17-36-20-11-9-19(10-12-20)25-24(27(32)28(33)30(25)16-15-29(4)5)26(31)22-14-13-21(34-7-2)18-23(22)35-8-3/h9-14,18,25,31H,6-8,15-17H2,1-5H3/b26-24-. The van der Waals surface area contributed by atoms with Crippen molar-refractivity contribution < 1.29 is 28.9 Å². The lowest BCUT2D eigenvalue weighted by atomic mass is 9.95. The van der Waals surface area contributed by atoms with Gasteiger partial charge in [-0.3, -0.25) is 9.59 Å². The molecule has 1 unspecified atom stereocenters. The van der Waals surface area contributed by atoms with Gasteiger partial charge in [-0.25, -0.2) is 0 Å². The largest absolute Gasteiger partial charge is 0.507 e. The first kappa shape index (κ1) is 27.1. The molecule has 1 N–H and O–H groups in total. The van der Waals surface area contributed by atoms with E-state index >= 15 is 0 Å². The maximum atomic E-state index is 13.3. The maximum Gasteiger partial charge on any atom is 0.295 e. The monoisotopic (exact) mass is 496 g/mol. The van der Waals surface area contributed by atoms with Gasteiger partial charge in [0.2, 0.25) is 0 Å². The summed E-state index contributed by atoms with van der Waals surface area (Å²) in [6.45, 7) is 8.06. The van der Waals surface area contributed by atoms with E-state index in [0.717, 1.165) is 6.42 Å². The van der Waals surface area contributed by atoms with Gasteiger partial charge in [0.1, 0.15) is 23.0 Å². The van der Waals surface area contributed by atoms with E-state index in [4.69, 9.17) is 14.2 Å². The molecule has 8 nitrogen and oxygen atoms in total. The number of likely N-dealkylation sites (tertiary alicyclic amines) is 1. The van der Waals surface area contributed by atoms with Gasteiger partial charge in [-0.05, 0) is 64.2 Å². The number of amides is 1. The molecule has 2 aromatic carbocycles. The van der Waals surface area contributed by atoms with Gasteiger partial charge in [0.25, 0.3) is 11.7 Å². The highest BCUT2D eigenvalue weighted by Crippen LogP contribution is 2.41. The van der Waals surface area contributed by atoms with Gasteiger partial charge in [0.05, 0.1) is 37.0 Å². The van der Waals surface area contributed by atoms with E-state index in [2.05, 4.69) is 0 Å². The Hall–Kier alpha value is -3.52. The topological polar surface area (TPSA) is 88.5 Å². The van der Waals surface area contributed by atoms with Crippen LogP contribution in [0.4, 0.5) is 0 Å². The van der Waals surface area contributed by atoms with Crippen LogP contribution in [0.5, 0.6) is 17.2 Å². The summed E-state index contributed by atoms with van der Waals surface area (Å²) in [6.07, 6.45) is 0.886. The molecule has 1 aliphatic heterocycles. The van der Waals surface area contributed by atoms with E-state index in [9.17, 15) is 14.7 Å². The van der Waals surface area contributed by atoms with Crippen LogP contribution in [-0.4, -0.2) is 73.6 Å². The Morgan fingerprint density at radius 3 is 2.22 bits per heavy atom. The predicted octanol–water partition coefficient (Wildman–Crippen LogP) is 4.26. The van der Waals surface area contributed by atoms with Crippen molar-refractivity contribution in [2.24, 2.45) is 0 Å². The lowest BCUT2D eigenvalue weighted by molar-refractivity contribution is -0.140. The summed E-state index contributed by atoms with van der Waals surface area (Å²) in [5, 5.41) is 11.5. The highest BCUT2D eigenvalue weighted by atomic mass is 16.5. The first-order valence-electron chi connectivity index (χ1n) is 12.4. The maximum absolute atomic E-state index is 13.3. The van der Waals surface area contributed by atoms with Gasteiger partial charge in [-0.1, -0.05) is 19.1 Å². The zero-order valence-electron chi connectivity index (χ0n) is 21.7. The number of aliphatic hydroxyl groups excluding tert-OH is 1. The number of ketones is 1. The molecule has 36 heavy (non-hydrogen) atoms. The van der Waals surface area contributed by atoms with Crippen molar-refractivity contribution in [3.05, 3.63) is 59.2 Å². The van der Waals surface area contributed by atoms with Crippen LogP contribution in [-0.2, 0) is 9.59 Å². The molecule has 0 radical (unpaired) electrons. The van der Waals surface area contributed by atoms with Gasteiger partial charge >= 0.3 is 0 Å². The highest BCUT2D eigenvalue weighted by molar-refractivity contribution is 6.46. The third-order valence-corrected chi connectivity index (χ3v) is 5.82. The van der Waals surface area contributed by atoms with Gasteiger partial charge in [-0.2, -0.15) is 0 Å². The number of likely N-dealkylation sites (N-methyl/N-ethyl adjacent to an activating group) is 1. The summed E-state index contributed by atoms with van der Waals surface area (Å²) in [5.74, 6) is 0.0302. The van der Waals surface area contributed by atoms with E-state index in [-0.39, 0.29) is 11.3 Å². The second-order valence-corrected chi connectivity index (χ2v) is 8.74. The molecule has 194 valence electrons. The van der Waals surface area contributed by atoms with Crippen molar-refractivity contribution in [2.45, 2.75) is 33.2 Å². The van der Waals surface area contributed by atoms with Crippen molar-refractivity contribution in [3.8, 4) is 17.2 Å². The number of ether oxygens (including phenoxy) is 3. The number of carbonyl (C=O) groups is 2. The fraction of sp³-hybridized carbons (Fsp3) is 0.429. The number of hydrogen-bond donors (Lipinski definition) is 1. The third kappa shape index (κ3) is 5.99. The van der Waals surface area contributed by atoms with Gasteiger partial charge in [0.15, 0.2) is 0 Å². The third-order valence-electron chi connectivity index (χ3n) is 5.82. The molecule has 1 atom stereocenters. The SMILES string of the molecule is CCCOc1ccc(C2/C(=C(/O)c3ccc(OCC)cc3OCC)C(=O)C(=O)N2CCN(C)C)cc1. The number of benzene rings is 2. The lowest BCUT2D eigenvalue weighted by Gasteiger charge is -2.27. The molecular formula is C28H36N2O6. The normalized spacial score (nSPS) is 17.1. The summed E-state index contributed by atoms with van der Waals surface area (Å²) in [7, 11) is 3.81. The molecule has 0 spiro atoms. The first-order valence-corrected chi connectivity index (χ1v) is 12.4. The molecule has 0 aromatic heterocycles. The van der Waals surface area contributed by atoms with Crippen molar-refractivity contribution >= 4 is 17.4 Å². The quantitative estimate of drug-likeness (QED) is 0.267. The fourth-order valence-corrected chi connectivity index (χ4v) is 4.11. The minimum Gasteiger partial charge on any atom is -0.507 e. The summed E-state index contributed by atoms with van der Waals surface area (Å²) >= 11 is 0. The van der Waals surface area contributed by atoms with Crippen molar-refractivity contribution in [1.82, 2.24) is 9.80 Å². The van der Waals surface area contributed by atoms with Gasteiger partial charge in [-0.15, -0.1) is 0 Å². The van der Waals surface area contributed by atoms with Gasteiger partial charge in [0, 0.05) is 19.2 Å². The van der Waals surface area contributed by atoms with Crippen molar-refractivity contribution in [1.29, 1.82) is 0 Å². The molecule has 1 heterocycles. The molecule has 3 rings (SSSR count). The number of aliphatic hydroxyl groups is 1. The molecule has 0 saturated carbocycles. The number of nitrogens with zero attached hydrogens (tertiary/aromatic N) is 2. The number of rotatable bonds is 12. The second-order valence-electron chi connectivity index (χ2n) is 8.74. The zero-order chi connectivity index (χ0) is 26.2. The van der Waals surface area contributed by atoms with E-state index in [1.54, 1.807) is 18.2 Å². The second kappa shape index (κ2) is 12.4. The first-order chi connectivity index (χ1) is 17.3. The number of hydrogen-bond acceptors (Lipinski definition) is 7. The van der Waals surface area contributed by atoms with Crippen LogP contribution in [0.25, 0.3) is 5.76 Å². The minimum absolute atomic E-state index is 0.0334. The highest BCUT2D eigenvalue weighted by Gasteiger charge is 2.46. The molecule has 8 heteroatoms. The van der Waals surface area contributed by atoms with E-state index in [1.807, 2.05) is 64.0 Å². The molecule has 0 aliphatic carbocycles. The molecular weight excluding hydrogens is 460 g/mol. The zero-order valence-corrected chi connectivity index (χ0v) is 21.7. The molecule has 1 saturated heterocycles. The predicted molar refractivity (Wildman–Crippen MR) is 139 cm³/mol. The van der Waals surface area contributed by atoms with Crippen molar-refractivity contribution in [3.63, 3.8) is 0 Å².